The first-order valence-corrected chi connectivity index (χ1v) is 12.0. The van der Waals surface area contributed by atoms with Crippen LogP contribution in [0.3, 0.4) is 0 Å². The number of hydrogen-bond donors (Lipinski definition) is 1. The lowest BCUT2D eigenvalue weighted by atomic mass is 10.1. The number of phenolic OH excluding ortho intramolecular Hbond substituents is 1. The molecule has 4 rings (SSSR count). The van der Waals surface area contributed by atoms with E-state index in [9.17, 15) is 18.3 Å². The van der Waals surface area contributed by atoms with E-state index in [2.05, 4.69) is 5.10 Å². The Morgan fingerprint density at radius 1 is 1.06 bits per heavy atom. The number of carbonyl (C=O) groups is 1. The van der Waals surface area contributed by atoms with Gasteiger partial charge in [0.2, 0.25) is 10.0 Å². The first-order chi connectivity index (χ1) is 15.3. The van der Waals surface area contributed by atoms with Crippen LogP contribution in [0, 0.1) is 6.92 Å². The number of amides is 1. The molecular weight excluding hydrogens is 428 g/mol. The van der Waals surface area contributed by atoms with E-state index in [1.807, 2.05) is 37.3 Å². The summed E-state index contributed by atoms with van der Waals surface area (Å²) < 4.78 is 29.1. The Balaban J connectivity index is 1.51. The highest BCUT2D eigenvalue weighted by Crippen LogP contribution is 2.28. The molecule has 1 amide bonds. The van der Waals surface area contributed by atoms with Crippen LogP contribution in [0.5, 0.6) is 5.75 Å². The Morgan fingerprint density at radius 3 is 2.41 bits per heavy atom. The zero-order valence-corrected chi connectivity index (χ0v) is 18.9. The number of rotatable bonds is 5. The van der Waals surface area contributed by atoms with Crippen molar-refractivity contribution in [3.63, 3.8) is 0 Å². The summed E-state index contributed by atoms with van der Waals surface area (Å²) in [4.78, 5) is 14.8. The van der Waals surface area contributed by atoms with Gasteiger partial charge in [0, 0.05) is 26.2 Å². The van der Waals surface area contributed by atoms with Gasteiger partial charge in [-0.05, 0) is 43.2 Å². The lowest BCUT2D eigenvalue weighted by Crippen LogP contribution is -2.50. The van der Waals surface area contributed by atoms with Gasteiger partial charge in [-0.15, -0.1) is 0 Å². The standard InChI is InChI=1S/C23H26N4O4S/c1-3-20-19(16-24-27(20)18-7-5-4-6-8-18)23(29)25-11-13-26(14-12-25)32(30,31)22-15-17(2)9-10-21(22)28/h4-10,15-16,28H,3,11-14H2,1-2H3. The van der Waals surface area contributed by atoms with Gasteiger partial charge in [0.05, 0.1) is 23.1 Å². The number of benzene rings is 2. The van der Waals surface area contributed by atoms with Crippen LogP contribution in [0.25, 0.3) is 5.69 Å². The predicted octanol–water partition coefficient (Wildman–Crippen LogP) is 2.60. The number of hydrogen-bond acceptors (Lipinski definition) is 5. The molecule has 9 heteroatoms. The summed E-state index contributed by atoms with van der Waals surface area (Å²) in [6, 6.07) is 14.1. The number of piperazine rings is 1. The van der Waals surface area contributed by atoms with Crippen molar-refractivity contribution < 1.29 is 18.3 Å². The molecule has 8 nitrogen and oxygen atoms in total. The second-order valence-corrected chi connectivity index (χ2v) is 9.68. The van der Waals surface area contributed by atoms with E-state index in [0.29, 0.717) is 12.0 Å². The molecule has 1 aliphatic rings. The molecule has 0 aliphatic carbocycles. The highest BCUT2D eigenvalue weighted by molar-refractivity contribution is 7.89. The van der Waals surface area contributed by atoms with Crippen LogP contribution in [0.1, 0.15) is 28.5 Å². The van der Waals surface area contributed by atoms with Crippen LogP contribution in [0.2, 0.25) is 0 Å². The smallest absolute Gasteiger partial charge is 0.257 e. The Morgan fingerprint density at radius 2 is 1.75 bits per heavy atom. The van der Waals surface area contributed by atoms with E-state index in [1.54, 1.807) is 28.8 Å². The van der Waals surface area contributed by atoms with E-state index in [-0.39, 0.29) is 42.7 Å². The maximum atomic E-state index is 13.2. The van der Waals surface area contributed by atoms with Gasteiger partial charge in [-0.3, -0.25) is 4.79 Å². The minimum absolute atomic E-state index is 0.102. The molecule has 3 aromatic rings. The second kappa shape index (κ2) is 8.76. The van der Waals surface area contributed by atoms with Crippen molar-refractivity contribution in [3.8, 4) is 11.4 Å². The molecule has 1 N–H and O–H groups in total. The van der Waals surface area contributed by atoms with E-state index < -0.39 is 10.0 Å². The van der Waals surface area contributed by atoms with Gasteiger partial charge < -0.3 is 10.0 Å². The summed E-state index contributed by atoms with van der Waals surface area (Å²) in [7, 11) is -3.84. The fourth-order valence-corrected chi connectivity index (χ4v) is 5.54. The predicted molar refractivity (Wildman–Crippen MR) is 120 cm³/mol. The van der Waals surface area contributed by atoms with Crippen molar-refractivity contribution in [3.05, 3.63) is 71.5 Å². The first kappa shape index (κ1) is 22.0. The monoisotopic (exact) mass is 454 g/mol. The van der Waals surface area contributed by atoms with Crippen LogP contribution < -0.4 is 0 Å². The molecule has 1 fully saturated rings. The van der Waals surface area contributed by atoms with Crippen molar-refractivity contribution in [2.75, 3.05) is 26.2 Å². The van der Waals surface area contributed by atoms with Gasteiger partial charge in [-0.25, -0.2) is 13.1 Å². The molecule has 0 spiro atoms. The Labute approximate surface area is 187 Å². The summed E-state index contributed by atoms with van der Waals surface area (Å²) in [5, 5.41) is 14.5. The van der Waals surface area contributed by atoms with E-state index in [0.717, 1.165) is 16.9 Å². The van der Waals surface area contributed by atoms with Gasteiger partial charge in [-0.1, -0.05) is 31.2 Å². The minimum atomic E-state index is -3.84. The number of phenols is 1. The number of nitrogens with zero attached hydrogens (tertiary/aromatic N) is 4. The fourth-order valence-electron chi connectivity index (χ4n) is 3.95. The number of aryl methyl sites for hydroxylation is 1. The van der Waals surface area contributed by atoms with Crippen LogP contribution in [0.4, 0.5) is 0 Å². The summed E-state index contributed by atoms with van der Waals surface area (Å²) in [6.07, 6.45) is 2.22. The largest absolute Gasteiger partial charge is 0.507 e. The molecule has 32 heavy (non-hydrogen) atoms. The van der Waals surface area contributed by atoms with Crippen molar-refractivity contribution in [2.24, 2.45) is 0 Å². The van der Waals surface area contributed by atoms with Crippen molar-refractivity contribution in [2.45, 2.75) is 25.2 Å². The first-order valence-electron chi connectivity index (χ1n) is 10.5. The molecule has 0 atom stereocenters. The lowest BCUT2D eigenvalue weighted by Gasteiger charge is -2.34. The number of para-hydroxylation sites is 1. The number of aromatic nitrogens is 2. The minimum Gasteiger partial charge on any atom is -0.507 e. The zero-order chi connectivity index (χ0) is 22.9. The molecule has 0 radical (unpaired) electrons. The van der Waals surface area contributed by atoms with Gasteiger partial charge >= 0.3 is 0 Å². The van der Waals surface area contributed by atoms with E-state index in [1.165, 1.54) is 16.4 Å². The molecule has 0 bridgehead atoms. The van der Waals surface area contributed by atoms with Crippen LogP contribution in [-0.2, 0) is 16.4 Å². The number of aromatic hydroxyl groups is 1. The highest BCUT2D eigenvalue weighted by atomic mass is 32.2. The molecular formula is C23H26N4O4S. The highest BCUT2D eigenvalue weighted by Gasteiger charge is 2.33. The average Bonchev–Trinajstić information content (AvgIpc) is 3.25. The Bertz CT molecular complexity index is 1230. The molecule has 2 aromatic carbocycles. The molecule has 1 aliphatic heterocycles. The van der Waals surface area contributed by atoms with Crippen molar-refractivity contribution in [1.82, 2.24) is 19.0 Å². The quantitative estimate of drug-likeness (QED) is 0.639. The summed E-state index contributed by atoms with van der Waals surface area (Å²) >= 11 is 0. The fraction of sp³-hybridized carbons (Fsp3) is 0.304. The molecule has 0 unspecified atom stereocenters. The summed E-state index contributed by atoms with van der Waals surface area (Å²) in [5.74, 6) is -0.422. The van der Waals surface area contributed by atoms with Crippen molar-refractivity contribution >= 4 is 15.9 Å². The SMILES string of the molecule is CCc1c(C(=O)N2CCN(S(=O)(=O)c3cc(C)ccc3O)CC2)cnn1-c1ccccc1. The third kappa shape index (κ3) is 4.01. The Kier molecular flexibility index (Phi) is 6.03. The van der Waals surface area contributed by atoms with Gasteiger partial charge in [0.25, 0.3) is 5.91 Å². The van der Waals surface area contributed by atoms with Crippen LogP contribution in [-0.4, -0.2) is 64.6 Å². The normalized spacial score (nSPS) is 15.1. The number of sulfonamides is 1. The summed E-state index contributed by atoms with van der Waals surface area (Å²) in [5.41, 5.74) is 2.99. The molecule has 1 saturated heterocycles. The van der Waals surface area contributed by atoms with E-state index in [4.69, 9.17) is 0 Å². The maximum absolute atomic E-state index is 13.2. The third-order valence-corrected chi connectivity index (χ3v) is 7.62. The zero-order valence-electron chi connectivity index (χ0n) is 18.1. The lowest BCUT2D eigenvalue weighted by molar-refractivity contribution is 0.0696. The molecule has 2 heterocycles. The van der Waals surface area contributed by atoms with Gasteiger partial charge in [0.15, 0.2) is 0 Å². The maximum Gasteiger partial charge on any atom is 0.257 e. The van der Waals surface area contributed by atoms with Crippen LogP contribution in [0.15, 0.2) is 59.6 Å². The molecule has 1 aromatic heterocycles. The summed E-state index contributed by atoms with van der Waals surface area (Å²) in [6.45, 7) is 4.61. The second-order valence-electron chi connectivity index (χ2n) is 7.77. The van der Waals surface area contributed by atoms with E-state index >= 15 is 0 Å². The molecule has 0 saturated carbocycles. The topological polar surface area (TPSA) is 95.7 Å². The Hall–Kier alpha value is -3.17. The third-order valence-electron chi connectivity index (χ3n) is 5.69. The average molecular weight is 455 g/mol. The number of carbonyl (C=O) groups excluding carboxylic acids is 1. The van der Waals surface area contributed by atoms with Crippen molar-refractivity contribution in [1.29, 1.82) is 0 Å². The van der Waals surface area contributed by atoms with Gasteiger partial charge in [-0.2, -0.15) is 9.40 Å². The van der Waals surface area contributed by atoms with Crippen LogP contribution >= 0.6 is 0 Å². The molecule has 168 valence electrons. The van der Waals surface area contributed by atoms with Gasteiger partial charge in [0.1, 0.15) is 10.6 Å².